The summed E-state index contributed by atoms with van der Waals surface area (Å²) < 4.78 is 26.4. The van der Waals surface area contributed by atoms with Crippen molar-refractivity contribution in [1.29, 1.82) is 0 Å². The molecule has 3 aromatic carbocycles. The molecule has 0 radical (unpaired) electrons. The summed E-state index contributed by atoms with van der Waals surface area (Å²) in [6, 6.07) is 13.4. The van der Waals surface area contributed by atoms with Crippen molar-refractivity contribution in [2.45, 2.75) is 0 Å². The minimum Gasteiger partial charge on any atom is -0.321 e. The van der Waals surface area contributed by atoms with Crippen molar-refractivity contribution < 1.29 is 23.3 Å². The SMILES string of the molecule is O=C(Nc1ccc(F)cc1)/C(=C/c1cccc([N+](=O)[O-])c1)NC(=O)c1ccc(F)cc1Cl. The number of anilines is 1. The molecule has 162 valence electrons. The van der Waals surface area contributed by atoms with E-state index in [1.807, 2.05) is 0 Å². The number of nitrogens with zero attached hydrogens (tertiary/aromatic N) is 1. The topological polar surface area (TPSA) is 101 Å². The van der Waals surface area contributed by atoms with Crippen LogP contribution in [-0.2, 0) is 4.79 Å². The molecule has 3 aromatic rings. The zero-order valence-corrected chi connectivity index (χ0v) is 16.9. The molecule has 0 saturated heterocycles. The molecule has 0 atom stereocenters. The number of carbonyl (C=O) groups is 2. The first-order chi connectivity index (χ1) is 15.2. The monoisotopic (exact) mass is 457 g/mol. The van der Waals surface area contributed by atoms with Crippen molar-refractivity contribution in [3.63, 3.8) is 0 Å². The lowest BCUT2D eigenvalue weighted by Crippen LogP contribution is -2.31. The average molecular weight is 458 g/mol. The Kier molecular flexibility index (Phi) is 6.91. The molecule has 0 aliphatic rings. The number of rotatable bonds is 6. The summed E-state index contributed by atoms with van der Waals surface area (Å²) in [6.45, 7) is 0. The summed E-state index contributed by atoms with van der Waals surface area (Å²) in [5.41, 5.74) is -0.0814. The highest BCUT2D eigenvalue weighted by molar-refractivity contribution is 6.34. The molecule has 7 nitrogen and oxygen atoms in total. The van der Waals surface area contributed by atoms with E-state index >= 15 is 0 Å². The Morgan fingerprint density at radius 2 is 1.66 bits per heavy atom. The van der Waals surface area contributed by atoms with Crippen LogP contribution < -0.4 is 10.6 Å². The van der Waals surface area contributed by atoms with Crippen LogP contribution in [-0.4, -0.2) is 16.7 Å². The summed E-state index contributed by atoms with van der Waals surface area (Å²) in [6.07, 6.45) is 1.22. The van der Waals surface area contributed by atoms with Crippen LogP contribution in [0.25, 0.3) is 6.08 Å². The van der Waals surface area contributed by atoms with Gasteiger partial charge >= 0.3 is 0 Å². The van der Waals surface area contributed by atoms with Gasteiger partial charge in [0.05, 0.1) is 15.5 Å². The van der Waals surface area contributed by atoms with Gasteiger partial charge in [0.2, 0.25) is 0 Å². The third-order valence-electron chi connectivity index (χ3n) is 4.16. The average Bonchev–Trinajstić information content (AvgIpc) is 2.75. The zero-order chi connectivity index (χ0) is 23.3. The number of nitro groups is 1. The molecule has 0 spiro atoms. The lowest BCUT2D eigenvalue weighted by molar-refractivity contribution is -0.384. The summed E-state index contributed by atoms with van der Waals surface area (Å²) in [7, 11) is 0. The second-order valence-corrected chi connectivity index (χ2v) is 6.86. The predicted molar refractivity (Wildman–Crippen MR) is 115 cm³/mol. The van der Waals surface area contributed by atoms with Crippen LogP contribution in [0.15, 0.2) is 72.4 Å². The maximum absolute atomic E-state index is 13.3. The lowest BCUT2D eigenvalue weighted by Gasteiger charge is -2.12. The molecule has 0 aliphatic carbocycles. The van der Waals surface area contributed by atoms with E-state index < -0.39 is 28.4 Å². The molecule has 0 saturated carbocycles. The zero-order valence-electron chi connectivity index (χ0n) is 16.1. The third-order valence-corrected chi connectivity index (χ3v) is 4.48. The first-order valence-electron chi connectivity index (χ1n) is 9.02. The van der Waals surface area contributed by atoms with E-state index in [1.165, 1.54) is 42.5 Å². The van der Waals surface area contributed by atoms with Crippen molar-refractivity contribution >= 4 is 40.9 Å². The Bertz CT molecular complexity index is 1230. The number of carbonyl (C=O) groups excluding carboxylic acids is 2. The van der Waals surface area contributed by atoms with Gasteiger partial charge in [-0.05, 0) is 54.1 Å². The van der Waals surface area contributed by atoms with E-state index in [9.17, 15) is 28.5 Å². The van der Waals surface area contributed by atoms with Crippen LogP contribution >= 0.6 is 11.6 Å². The van der Waals surface area contributed by atoms with Gasteiger partial charge in [0.15, 0.2) is 0 Å². The minimum atomic E-state index is -0.805. The van der Waals surface area contributed by atoms with E-state index in [0.717, 1.165) is 30.3 Å². The Labute approximate surface area is 185 Å². The van der Waals surface area contributed by atoms with E-state index in [2.05, 4.69) is 10.6 Å². The van der Waals surface area contributed by atoms with Gasteiger partial charge in [-0.15, -0.1) is 0 Å². The van der Waals surface area contributed by atoms with Gasteiger partial charge in [-0.2, -0.15) is 0 Å². The van der Waals surface area contributed by atoms with Gasteiger partial charge in [-0.25, -0.2) is 8.78 Å². The summed E-state index contributed by atoms with van der Waals surface area (Å²) >= 11 is 5.92. The fourth-order valence-corrected chi connectivity index (χ4v) is 2.90. The summed E-state index contributed by atoms with van der Waals surface area (Å²) in [5.74, 6) is -2.74. The van der Waals surface area contributed by atoms with E-state index in [1.54, 1.807) is 0 Å². The van der Waals surface area contributed by atoms with Gasteiger partial charge in [-0.1, -0.05) is 23.7 Å². The highest BCUT2D eigenvalue weighted by atomic mass is 35.5. The van der Waals surface area contributed by atoms with E-state index in [0.29, 0.717) is 0 Å². The Morgan fingerprint density at radius 1 is 0.969 bits per heavy atom. The summed E-state index contributed by atoms with van der Waals surface area (Å²) in [4.78, 5) is 35.9. The minimum absolute atomic E-state index is 0.0902. The fourth-order valence-electron chi connectivity index (χ4n) is 2.65. The highest BCUT2D eigenvalue weighted by Gasteiger charge is 2.18. The standard InChI is InChI=1S/C22H14ClF2N3O4/c23-19-12-15(25)6-9-18(19)21(29)27-20(11-13-2-1-3-17(10-13)28(31)32)22(30)26-16-7-4-14(24)5-8-16/h1-12H,(H,26,30)(H,27,29)/b20-11-. The molecule has 3 rings (SSSR count). The quantitative estimate of drug-likeness (QED) is 0.311. The molecule has 2 amide bonds. The fraction of sp³-hybridized carbons (Fsp3) is 0. The van der Waals surface area contributed by atoms with Gasteiger partial charge in [0.25, 0.3) is 17.5 Å². The van der Waals surface area contributed by atoms with Crippen LogP contribution in [0.5, 0.6) is 0 Å². The Balaban J connectivity index is 1.95. The normalized spacial score (nSPS) is 11.0. The van der Waals surface area contributed by atoms with Gasteiger partial charge in [0, 0.05) is 17.8 Å². The molecule has 0 aliphatic heterocycles. The van der Waals surface area contributed by atoms with Crippen molar-refractivity contribution in [3.05, 3.63) is 110 Å². The second-order valence-electron chi connectivity index (χ2n) is 6.45. The predicted octanol–water partition coefficient (Wildman–Crippen LogP) is 4.94. The molecule has 2 N–H and O–H groups in total. The Morgan fingerprint density at radius 3 is 2.31 bits per heavy atom. The van der Waals surface area contributed by atoms with Gasteiger partial charge in [0.1, 0.15) is 17.3 Å². The molecular formula is C22H14ClF2N3O4. The van der Waals surface area contributed by atoms with Gasteiger partial charge < -0.3 is 10.6 Å². The van der Waals surface area contributed by atoms with Crippen LogP contribution in [0.4, 0.5) is 20.2 Å². The smallest absolute Gasteiger partial charge is 0.272 e. The second kappa shape index (κ2) is 9.80. The largest absolute Gasteiger partial charge is 0.321 e. The van der Waals surface area contributed by atoms with E-state index in [4.69, 9.17) is 11.6 Å². The van der Waals surface area contributed by atoms with E-state index in [-0.39, 0.29) is 33.2 Å². The van der Waals surface area contributed by atoms with Crippen LogP contribution in [0.2, 0.25) is 5.02 Å². The number of amides is 2. The number of halogens is 3. The number of hydrogen-bond donors (Lipinski definition) is 2. The lowest BCUT2D eigenvalue weighted by atomic mass is 10.1. The maximum Gasteiger partial charge on any atom is 0.272 e. The number of non-ortho nitro benzene ring substituents is 1. The number of nitrogens with one attached hydrogen (secondary N) is 2. The molecule has 0 bridgehead atoms. The molecule has 10 heteroatoms. The first kappa shape index (κ1) is 22.6. The molecule has 32 heavy (non-hydrogen) atoms. The number of hydrogen-bond acceptors (Lipinski definition) is 4. The first-order valence-corrected chi connectivity index (χ1v) is 9.40. The maximum atomic E-state index is 13.3. The summed E-state index contributed by atoms with van der Waals surface area (Å²) in [5, 5.41) is 15.7. The van der Waals surface area contributed by atoms with Crippen molar-refractivity contribution in [3.8, 4) is 0 Å². The molecule has 0 unspecified atom stereocenters. The van der Waals surface area contributed by atoms with Crippen molar-refractivity contribution in [2.24, 2.45) is 0 Å². The van der Waals surface area contributed by atoms with Crippen molar-refractivity contribution in [2.75, 3.05) is 5.32 Å². The Hall–Kier alpha value is -4.11. The van der Waals surface area contributed by atoms with Crippen LogP contribution in [0, 0.1) is 21.7 Å². The molecule has 0 fully saturated rings. The van der Waals surface area contributed by atoms with Crippen molar-refractivity contribution in [1.82, 2.24) is 5.32 Å². The molecule has 0 heterocycles. The molecule has 0 aromatic heterocycles. The third kappa shape index (κ3) is 5.73. The van der Waals surface area contributed by atoms with Crippen LogP contribution in [0.1, 0.15) is 15.9 Å². The number of nitro benzene ring substituents is 1. The van der Waals surface area contributed by atoms with Crippen LogP contribution in [0.3, 0.4) is 0 Å². The molecular weight excluding hydrogens is 444 g/mol. The van der Waals surface area contributed by atoms with Gasteiger partial charge in [-0.3, -0.25) is 19.7 Å². The number of benzene rings is 3. The highest BCUT2D eigenvalue weighted by Crippen LogP contribution is 2.19.